The number of benzene rings is 1. The predicted octanol–water partition coefficient (Wildman–Crippen LogP) is 3.38. The fourth-order valence-electron chi connectivity index (χ4n) is 3.17. The molecule has 0 aliphatic carbocycles. The highest BCUT2D eigenvalue weighted by Crippen LogP contribution is 2.37. The molecule has 1 atom stereocenters. The highest BCUT2D eigenvalue weighted by Gasteiger charge is 2.29. The Hall–Kier alpha value is -1.82. The van der Waals surface area contributed by atoms with Crippen molar-refractivity contribution in [1.82, 2.24) is 10.6 Å². The van der Waals surface area contributed by atoms with Crippen LogP contribution < -0.4 is 20.1 Å². The summed E-state index contributed by atoms with van der Waals surface area (Å²) < 4.78 is 11.3. The Kier molecular flexibility index (Phi) is 7.69. The third-order valence-corrected chi connectivity index (χ3v) is 6.13. The van der Waals surface area contributed by atoms with Crippen LogP contribution in [0.25, 0.3) is 0 Å². The Morgan fingerprint density at radius 3 is 2.73 bits per heavy atom. The van der Waals surface area contributed by atoms with Crippen LogP contribution >= 0.6 is 11.8 Å². The summed E-state index contributed by atoms with van der Waals surface area (Å²) in [5.41, 5.74) is 2.18. The minimum absolute atomic E-state index is 0.304. The monoisotopic (exact) mass is 377 g/mol. The molecule has 1 aromatic carbocycles. The van der Waals surface area contributed by atoms with Crippen molar-refractivity contribution < 1.29 is 9.47 Å². The molecule has 1 unspecified atom stereocenters. The molecule has 1 fully saturated rings. The van der Waals surface area contributed by atoms with Gasteiger partial charge in [-0.15, -0.1) is 6.58 Å². The van der Waals surface area contributed by atoms with Crippen molar-refractivity contribution in [2.24, 2.45) is 4.99 Å². The van der Waals surface area contributed by atoms with Gasteiger partial charge in [0.2, 0.25) is 0 Å². The molecule has 0 radical (unpaired) electrons. The van der Waals surface area contributed by atoms with E-state index in [0.29, 0.717) is 11.3 Å². The first-order chi connectivity index (χ1) is 12.5. The van der Waals surface area contributed by atoms with Crippen LogP contribution in [0, 0.1) is 0 Å². The van der Waals surface area contributed by atoms with Gasteiger partial charge in [0.25, 0.3) is 0 Å². The minimum atomic E-state index is 0.304. The Morgan fingerprint density at radius 1 is 1.35 bits per heavy atom. The topological polar surface area (TPSA) is 54.9 Å². The highest BCUT2D eigenvalue weighted by molar-refractivity contribution is 8.00. The molecule has 1 heterocycles. The smallest absolute Gasteiger partial charge is 0.191 e. The van der Waals surface area contributed by atoms with E-state index in [-0.39, 0.29) is 0 Å². The minimum Gasteiger partial charge on any atom is -0.493 e. The normalized spacial score (nSPS) is 19.9. The van der Waals surface area contributed by atoms with Crippen molar-refractivity contribution in [2.75, 3.05) is 33.6 Å². The Balaban J connectivity index is 2.02. The highest BCUT2D eigenvalue weighted by atomic mass is 32.2. The number of aliphatic imine (C=N–C) groups is 1. The number of ether oxygens (including phenoxy) is 2. The molecule has 0 spiro atoms. The molecule has 0 amide bonds. The fourth-order valence-corrected chi connectivity index (χ4v) is 4.41. The van der Waals surface area contributed by atoms with Gasteiger partial charge < -0.3 is 20.1 Å². The van der Waals surface area contributed by atoms with Gasteiger partial charge in [-0.25, -0.2) is 0 Å². The first-order valence-electron chi connectivity index (χ1n) is 8.98. The van der Waals surface area contributed by atoms with Gasteiger partial charge in [-0.1, -0.05) is 6.08 Å². The average Bonchev–Trinajstić information content (AvgIpc) is 3.08. The largest absolute Gasteiger partial charge is 0.493 e. The first-order valence-corrected chi connectivity index (χ1v) is 9.97. The maximum atomic E-state index is 5.50. The summed E-state index contributed by atoms with van der Waals surface area (Å²) >= 11 is 2.04. The van der Waals surface area contributed by atoms with Gasteiger partial charge in [-0.2, -0.15) is 11.8 Å². The maximum Gasteiger partial charge on any atom is 0.191 e. The van der Waals surface area contributed by atoms with Crippen LogP contribution in [0.3, 0.4) is 0 Å². The second-order valence-corrected chi connectivity index (χ2v) is 8.35. The lowest BCUT2D eigenvalue weighted by molar-refractivity contribution is 0.352. The molecule has 0 bridgehead atoms. The number of allylic oxidation sites excluding steroid dienone is 1. The Morgan fingerprint density at radius 2 is 2.15 bits per heavy atom. The summed E-state index contributed by atoms with van der Waals surface area (Å²) in [6, 6.07) is 4.12. The molecule has 1 aliphatic heterocycles. The molecular weight excluding hydrogens is 346 g/mol. The molecule has 0 aromatic heterocycles. The number of hydrogen-bond acceptors (Lipinski definition) is 4. The fraction of sp³-hybridized carbons (Fsp3) is 0.550. The van der Waals surface area contributed by atoms with Crippen molar-refractivity contribution >= 4 is 17.7 Å². The number of guanidine groups is 1. The van der Waals surface area contributed by atoms with Crippen LogP contribution in [-0.2, 0) is 13.0 Å². The summed E-state index contributed by atoms with van der Waals surface area (Å²) in [6.07, 6.45) is 5.15. The molecule has 2 rings (SSSR count). The lowest BCUT2D eigenvalue weighted by atomic mass is 10.1. The SMILES string of the molecule is C=CCc1cc(CNC(=NC)NCC2(C)CCCS2)cc(OC)c1OC. The van der Waals surface area contributed by atoms with Crippen LogP contribution in [0.1, 0.15) is 30.9 Å². The van der Waals surface area contributed by atoms with E-state index in [1.165, 1.54) is 18.6 Å². The quantitative estimate of drug-likeness (QED) is 0.413. The zero-order valence-corrected chi connectivity index (χ0v) is 17.2. The number of thioether (sulfide) groups is 1. The lowest BCUT2D eigenvalue weighted by Gasteiger charge is -2.24. The van der Waals surface area contributed by atoms with Crippen LogP contribution in [-0.4, -0.2) is 44.3 Å². The molecule has 0 saturated carbocycles. The first kappa shape index (κ1) is 20.5. The third-order valence-electron chi connectivity index (χ3n) is 4.59. The van der Waals surface area contributed by atoms with Crippen molar-refractivity contribution in [1.29, 1.82) is 0 Å². The van der Waals surface area contributed by atoms with E-state index in [4.69, 9.17) is 9.47 Å². The van der Waals surface area contributed by atoms with Gasteiger partial charge in [0.15, 0.2) is 17.5 Å². The molecule has 26 heavy (non-hydrogen) atoms. The van der Waals surface area contributed by atoms with Crippen LogP contribution in [0.15, 0.2) is 29.8 Å². The maximum absolute atomic E-state index is 5.50. The second-order valence-electron chi connectivity index (χ2n) is 6.66. The standard InChI is InChI=1S/C20H31N3O2S/c1-6-8-16-11-15(12-17(24-4)18(16)25-5)13-22-19(21-3)23-14-20(2)9-7-10-26-20/h6,11-12H,1,7-10,13-14H2,2-5H3,(H2,21,22,23). The van der Waals surface area contributed by atoms with E-state index < -0.39 is 0 Å². The van der Waals surface area contributed by atoms with E-state index in [2.05, 4.69) is 35.2 Å². The van der Waals surface area contributed by atoms with E-state index >= 15 is 0 Å². The molecular formula is C20H31N3O2S. The van der Waals surface area contributed by atoms with Gasteiger partial charge in [-0.3, -0.25) is 4.99 Å². The van der Waals surface area contributed by atoms with Crippen molar-refractivity contribution in [3.05, 3.63) is 35.9 Å². The van der Waals surface area contributed by atoms with Gasteiger partial charge in [-0.05, 0) is 49.6 Å². The zero-order valence-electron chi connectivity index (χ0n) is 16.4. The zero-order chi connectivity index (χ0) is 19.0. The second kappa shape index (κ2) is 9.76. The van der Waals surface area contributed by atoms with Crippen LogP contribution in [0.2, 0.25) is 0 Å². The van der Waals surface area contributed by atoms with Gasteiger partial charge in [0.1, 0.15) is 0 Å². The van der Waals surface area contributed by atoms with Gasteiger partial charge >= 0.3 is 0 Å². The van der Waals surface area contributed by atoms with E-state index in [1.807, 2.05) is 23.9 Å². The summed E-state index contributed by atoms with van der Waals surface area (Å²) in [5, 5.41) is 6.85. The van der Waals surface area contributed by atoms with E-state index in [9.17, 15) is 0 Å². The van der Waals surface area contributed by atoms with Crippen molar-refractivity contribution in [3.63, 3.8) is 0 Å². The van der Waals surface area contributed by atoms with E-state index in [0.717, 1.165) is 41.6 Å². The number of nitrogens with zero attached hydrogens (tertiary/aromatic N) is 1. The van der Waals surface area contributed by atoms with E-state index in [1.54, 1.807) is 21.3 Å². The lowest BCUT2D eigenvalue weighted by Crippen LogP contribution is -2.43. The molecule has 6 heteroatoms. The molecule has 5 nitrogen and oxygen atoms in total. The van der Waals surface area contributed by atoms with Crippen molar-refractivity contribution in [2.45, 2.75) is 37.5 Å². The predicted molar refractivity (Wildman–Crippen MR) is 112 cm³/mol. The summed E-state index contributed by atoms with van der Waals surface area (Å²) in [7, 11) is 5.13. The van der Waals surface area contributed by atoms with Gasteiger partial charge in [0.05, 0.1) is 14.2 Å². The molecule has 1 saturated heterocycles. The summed E-state index contributed by atoms with van der Waals surface area (Å²) in [5.74, 6) is 3.58. The molecule has 1 aromatic rings. The average molecular weight is 378 g/mol. The molecule has 144 valence electrons. The number of methoxy groups -OCH3 is 2. The molecule has 1 aliphatic rings. The van der Waals surface area contributed by atoms with Crippen LogP contribution in [0.4, 0.5) is 0 Å². The Labute approximate surface area is 161 Å². The Bertz CT molecular complexity index is 640. The van der Waals surface area contributed by atoms with Crippen molar-refractivity contribution in [3.8, 4) is 11.5 Å². The number of nitrogens with one attached hydrogen (secondary N) is 2. The summed E-state index contributed by atoms with van der Waals surface area (Å²) in [6.45, 7) is 7.73. The molecule has 2 N–H and O–H groups in total. The van der Waals surface area contributed by atoms with Gasteiger partial charge in [0, 0.05) is 30.4 Å². The number of hydrogen-bond donors (Lipinski definition) is 2. The van der Waals surface area contributed by atoms with Crippen LogP contribution in [0.5, 0.6) is 11.5 Å². The number of rotatable bonds is 8. The summed E-state index contributed by atoms with van der Waals surface area (Å²) in [4.78, 5) is 4.34. The third kappa shape index (κ3) is 5.34.